The number of Topliss-reactive ketones (excluding diaryl/α,β-unsaturated/α-hetero) is 1. The van der Waals surface area contributed by atoms with Crippen LogP contribution < -0.4 is 4.74 Å². The number of hydrogen-bond donors (Lipinski definition) is 1. The van der Waals surface area contributed by atoms with Gasteiger partial charge in [-0.3, -0.25) is 9.59 Å². The Morgan fingerprint density at radius 2 is 1.88 bits per heavy atom. The number of ether oxygens (including phenoxy) is 2. The molecule has 0 bridgehead atoms. The van der Waals surface area contributed by atoms with Crippen LogP contribution in [0.2, 0.25) is 0 Å². The van der Waals surface area contributed by atoms with E-state index in [0.29, 0.717) is 31.9 Å². The molecule has 32 heavy (non-hydrogen) atoms. The molecule has 1 heterocycles. The molecule has 1 N–H and O–H groups in total. The molecule has 0 aromatic heterocycles. The molecule has 1 unspecified atom stereocenters. The lowest BCUT2D eigenvalue weighted by Crippen LogP contribution is -2.32. The molecule has 2 aromatic carbocycles. The largest absolute Gasteiger partial charge is 0.503 e. The van der Waals surface area contributed by atoms with E-state index in [1.807, 2.05) is 68.4 Å². The Morgan fingerprint density at radius 3 is 2.56 bits per heavy atom. The lowest BCUT2D eigenvalue weighted by atomic mass is 9.92. The van der Waals surface area contributed by atoms with Crippen molar-refractivity contribution < 1.29 is 24.2 Å². The van der Waals surface area contributed by atoms with Gasteiger partial charge in [-0.1, -0.05) is 56.3 Å². The van der Waals surface area contributed by atoms with E-state index < -0.39 is 17.7 Å². The maximum absolute atomic E-state index is 13.0. The van der Waals surface area contributed by atoms with Gasteiger partial charge >= 0.3 is 0 Å². The van der Waals surface area contributed by atoms with Gasteiger partial charge in [-0.05, 0) is 35.6 Å². The zero-order valence-corrected chi connectivity index (χ0v) is 18.9. The minimum Gasteiger partial charge on any atom is -0.503 e. The first kappa shape index (κ1) is 23.5. The maximum atomic E-state index is 13.0. The number of aliphatic hydroxyl groups is 1. The Hall–Kier alpha value is -3.12. The highest BCUT2D eigenvalue weighted by Crippen LogP contribution is 2.39. The highest BCUT2D eigenvalue weighted by atomic mass is 16.5. The van der Waals surface area contributed by atoms with Crippen molar-refractivity contribution in [3.63, 3.8) is 0 Å². The molecule has 0 fully saturated rings. The fourth-order valence-corrected chi connectivity index (χ4v) is 3.89. The Labute approximate surface area is 189 Å². The number of carbonyl (C=O) groups excluding carboxylic acids is 2. The highest BCUT2D eigenvalue weighted by molar-refractivity contribution is 6.09. The van der Waals surface area contributed by atoms with E-state index in [-0.39, 0.29) is 23.7 Å². The van der Waals surface area contributed by atoms with E-state index in [4.69, 9.17) is 9.47 Å². The van der Waals surface area contributed by atoms with Crippen LogP contribution in [0.25, 0.3) is 0 Å². The summed E-state index contributed by atoms with van der Waals surface area (Å²) in [6.45, 7) is 5.14. The number of rotatable bonds is 11. The van der Waals surface area contributed by atoms with Crippen LogP contribution in [0.15, 0.2) is 65.9 Å². The first-order chi connectivity index (χ1) is 15.4. The Morgan fingerprint density at radius 1 is 1.12 bits per heavy atom. The molecule has 1 aliphatic heterocycles. The van der Waals surface area contributed by atoms with Crippen LogP contribution in [0.5, 0.6) is 5.75 Å². The van der Waals surface area contributed by atoms with E-state index >= 15 is 0 Å². The SMILES string of the molecule is COCCCN1C(=O)C(O)=C(C(=O)CC(C)C)C1c1cccc(OCc2ccccc2)c1. The highest BCUT2D eigenvalue weighted by Gasteiger charge is 2.43. The van der Waals surface area contributed by atoms with Gasteiger partial charge in [0, 0.05) is 26.7 Å². The van der Waals surface area contributed by atoms with Crippen LogP contribution in [0.1, 0.15) is 43.9 Å². The van der Waals surface area contributed by atoms with Crippen LogP contribution in [0.4, 0.5) is 0 Å². The number of aliphatic hydroxyl groups excluding tert-OH is 1. The molecule has 3 rings (SSSR count). The minimum absolute atomic E-state index is 0.113. The predicted octanol–water partition coefficient (Wildman–Crippen LogP) is 4.61. The molecule has 0 aliphatic carbocycles. The number of ketones is 1. The topological polar surface area (TPSA) is 76.1 Å². The van der Waals surface area contributed by atoms with Gasteiger partial charge in [-0.2, -0.15) is 0 Å². The first-order valence-electron chi connectivity index (χ1n) is 10.9. The molecule has 170 valence electrons. The summed E-state index contributed by atoms with van der Waals surface area (Å²) in [7, 11) is 1.60. The zero-order chi connectivity index (χ0) is 23.1. The van der Waals surface area contributed by atoms with E-state index in [1.165, 1.54) is 0 Å². The monoisotopic (exact) mass is 437 g/mol. The summed E-state index contributed by atoms with van der Waals surface area (Å²) in [5.74, 6) is -0.428. The minimum atomic E-state index is -0.647. The van der Waals surface area contributed by atoms with Crippen molar-refractivity contribution in [3.05, 3.63) is 77.1 Å². The van der Waals surface area contributed by atoms with Gasteiger partial charge in [0.05, 0.1) is 11.6 Å². The zero-order valence-electron chi connectivity index (χ0n) is 18.9. The number of nitrogens with zero attached hydrogens (tertiary/aromatic N) is 1. The van der Waals surface area contributed by atoms with Crippen LogP contribution in [0, 0.1) is 5.92 Å². The second-order valence-electron chi connectivity index (χ2n) is 8.38. The van der Waals surface area contributed by atoms with Crippen molar-refractivity contribution in [2.75, 3.05) is 20.3 Å². The normalized spacial score (nSPS) is 16.2. The van der Waals surface area contributed by atoms with Crippen LogP contribution in [-0.4, -0.2) is 42.0 Å². The lowest BCUT2D eigenvalue weighted by Gasteiger charge is -2.27. The van der Waals surface area contributed by atoms with Gasteiger partial charge in [-0.25, -0.2) is 0 Å². The van der Waals surface area contributed by atoms with Crippen molar-refractivity contribution >= 4 is 11.7 Å². The molecule has 2 aromatic rings. The second-order valence-corrected chi connectivity index (χ2v) is 8.38. The second kappa shape index (κ2) is 11.0. The molecule has 1 aliphatic rings. The standard InChI is InChI=1S/C26H31NO5/c1-18(2)15-22(28)23-24(27(13-8-14-31-3)26(30)25(23)29)20-11-7-12-21(16-20)32-17-19-9-5-4-6-10-19/h4-7,9-12,16,18,24,29H,8,13-15,17H2,1-3H3. The van der Waals surface area contributed by atoms with Gasteiger partial charge in [0.2, 0.25) is 0 Å². The molecular weight excluding hydrogens is 406 g/mol. The quantitative estimate of drug-likeness (QED) is 0.520. The van der Waals surface area contributed by atoms with E-state index in [1.54, 1.807) is 12.0 Å². The fourth-order valence-electron chi connectivity index (χ4n) is 3.89. The van der Waals surface area contributed by atoms with Crippen molar-refractivity contribution in [2.24, 2.45) is 5.92 Å². The molecule has 6 heteroatoms. The van der Waals surface area contributed by atoms with Crippen LogP contribution >= 0.6 is 0 Å². The molecule has 1 atom stereocenters. The molecule has 0 saturated carbocycles. The Balaban J connectivity index is 1.90. The van der Waals surface area contributed by atoms with Crippen molar-refractivity contribution in [1.29, 1.82) is 0 Å². The van der Waals surface area contributed by atoms with Crippen molar-refractivity contribution in [3.8, 4) is 5.75 Å². The number of hydrogen-bond acceptors (Lipinski definition) is 5. The van der Waals surface area contributed by atoms with E-state index in [2.05, 4.69) is 0 Å². The first-order valence-corrected chi connectivity index (χ1v) is 10.9. The maximum Gasteiger partial charge on any atom is 0.290 e. The summed E-state index contributed by atoms with van der Waals surface area (Å²) in [5.41, 5.74) is 1.94. The summed E-state index contributed by atoms with van der Waals surface area (Å²) in [6, 6.07) is 16.6. The summed E-state index contributed by atoms with van der Waals surface area (Å²) in [5, 5.41) is 10.6. The third-order valence-electron chi connectivity index (χ3n) is 5.37. The average Bonchev–Trinajstić information content (AvgIpc) is 3.03. The number of benzene rings is 2. The lowest BCUT2D eigenvalue weighted by molar-refractivity contribution is -0.129. The van der Waals surface area contributed by atoms with Gasteiger partial charge < -0.3 is 19.5 Å². The molecule has 0 radical (unpaired) electrons. The summed E-state index contributed by atoms with van der Waals surface area (Å²) < 4.78 is 11.1. The van der Waals surface area contributed by atoms with E-state index in [9.17, 15) is 14.7 Å². The van der Waals surface area contributed by atoms with Crippen LogP contribution in [-0.2, 0) is 20.9 Å². The average molecular weight is 438 g/mol. The summed E-state index contributed by atoms with van der Waals surface area (Å²) in [6.07, 6.45) is 0.862. The molecule has 6 nitrogen and oxygen atoms in total. The number of methoxy groups -OCH3 is 1. The molecule has 0 saturated heterocycles. The Kier molecular flexibility index (Phi) is 8.06. The van der Waals surface area contributed by atoms with Crippen molar-refractivity contribution in [2.45, 2.75) is 39.3 Å². The third-order valence-corrected chi connectivity index (χ3v) is 5.37. The Bertz CT molecular complexity index is 967. The van der Waals surface area contributed by atoms with Gasteiger partial charge in [0.25, 0.3) is 5.91 Å². The molecular formula is C26H31NO5. The fraction of sp³-hybridized carbons (Fsp3) is 0.385. The van der Waals surface area contributed by atoms with E-state index in [0.717, 1.165) is 11.1 Å². The van der Waals surface area contributed by atoms with Gasteiger partial charge in [0.1, 0.15) is 12.4 Å². The van der Waals surface area contributed by atoms with Crippen LogP contribution in [0.3, 0.4) is 0 Å². The van der Waals surface area contributed by atoms with Crippen molar-refractivity contribution in [1.82, 2.24) is 4.90 Å². The predicted molar refractivity (Wildman–Crippen MR) is 122 cm³/mol. The third kappa shape index (κ3) is 5.56. The van der Waals surface area contributed by atoms with Gasteiger partial charge in [0.15, 0.2) is 11.5 Å². The summed E-state index contributed by atoms with van der Waals surface area (Å²) >= 11 is 0. The smallest absolute Gasteiger partial charge is 0.290 e. The molecule has 0 spiro atoms. The van der Waals surface area contributed by atoms with Gasteiger partial charge in [-0.15, -0.1) is 0 Å². The number of carbonyl (C=O) groups is 2. The summed E-state index contributed by atoms with van der Waals surface area (Å²) in [4.78, 5) is 27.4. The molecule has 1 amide bonds. The number of amides is 1.